The number of carbonyl (C=O) groups excluding carboxylic acids is 1. The second-order valence-corrected chi connectivity index (χ2v) is 8.36. The van der Waals surface area contributed by atoms with Gasteiger partial charge < -0.3 is 15.5 Å². The monoisotopic (exact) mass is 429 g/mol. The second-order valence-electron chi connectivity index (χ2n) is 7.95. The van der Waals surface area contributed by atoms with Crippen LogP contribution in [0.4, 0.5) is 11.4 Å². The molecule has 0 spiro atoms. The van der Waals surface area contributed by atoms with E-state index in [0.29, 0.717) is 11.5 Å². The highest BCUT2D eigenvalue weighted by Crippen LogP contribution is 2.29. The molecule has 3 aromatic rings. The molecule has 1 amide bonds. The molecular formula is C26H27N3OS. The summed E-state index contributed by atoms with van der Waals surface area (Å²) in [6.07, 6.45) is 1.53. The lowest BCUT2D eigenvalue weighted by Gasteiger charge is -2.24. The van der Waals surface area contributed by atoms with Crippen molar-refractivity contribution in [3.63, 3.8) is 0 Å². The first kappa shape index (κ1) is 21.1. The van der Waals surface area contributed by atoms with Crippen LogP contribution in [0, 0.1) is 13.8 Å². The summed E-state index contributed by atoms with van der Waals surface area (Å²) >= 11 is 5.69. The van der Waals surface area contributed by atoms with E-state index in [1.165, 1.54) is 11.1 Å². The summed E-state index contributed by atoms with van der Waals surface area (Å²) in [7, 11) is 0. The third-order valence-corrected chi connectivity index (χ3v) is 5.96. The molecule has 1 aliphatic heterocycles. The maximum Gasteiger partial charge on any atom is 0.227 e. The quantitative estimate of drug-likeness (QED) is 0.525. The maximum absolute atomic E-state index is 12.2. The first-order chi connectivity index (χ1) is 15.0. The largest absolute Gasteiger partial charge is 0.352 e. The normalized spacial score (nSPS) is 14.4. The van der Waals surface area contributed by atoms with Crippen LogP contribution >= 0.6 is 12.2 Å². The molecule has 0 bridgehead atoms. The fourth-order valence-electron chi connectivity index (χ4n) is 4.08. The molecule has 5 heteroatoms. The van der Waals surface area contributed by atoms with E-state index in [-0.39, 0.29) is 11.9 Å². The number of aryl methyl sites for hydroxylation is 2. The molecule has 0 radical (unpaired) electrons. The van der Waals surface area contributed by atoms with Gasteiger partial charge >= 0.3 is 0 Å². The number of thiocarbonyl (C=S) groups is 1. The molecule has 1 saturated heterocycles. The topological polar surface area (TPSA) is 44.4 Å². The van der Waals surface area contributed by atoms with Crippen molar-refractivity contribution in [3.8, 4) is 0 Å². The van der Waals surface area contributed by atoms with Gasteiger partial charge in [-0.2, -0.15) is 0 Å². The summed E-state index contributed by atoms with van der Waals surface area (Å²) in [5, 5.41) is 7.35. The Morgan fingerprint density at radius 1 is 0.968 bits per heavy atom. The van der Waals surface area contributed by atoms with Gasteiger partial charge in [-0.1, -0.05) is 60.7 Å². The number of hydrogen-bond donors (Lipinski definition) is 2. The molecule has 0 aromatic heterocycles. The lowest BCUT2D eigenvalue weighted by molar-refractivity contribution is -0.117. The molecule has 31 heavy (non-hydrogen) atoms. The minimum atomic E-state index is -0.0625. The van der Waals surface area contributed by atoms with Gasteiger partial charge in [0.1, 0.15) is 0 Å². The minimum Gasteiger partial charge on any atom is -0.352 e. The van der Waals surface area contributed by atoms with Gasteiger partial charge in [0.05, 0.1) is 6.04 Å². The lowest BCUT2D eigenvalue weighted by atomic mass is 9.95. The van der Waals surface area contributed by atoms with Crippen LogP contribution in [-0.4, -0.2) is 17.6 Å². The Labute approximate surface area is 189 Å². The molecule has 3 aromatic carbocycles. The number of rotatable bonds is 5. The molecule has 1 atom stereocenters. The first-order valence-corrected chi connectivity index (χ1v) is 11.0. The molecule has 158 valence electrons. The highest BCUT2D eigenvalue weighted by atomic mass is 32.1. The fraction of sp³-hybridized carbons (Fsp3) is 0.231. The molecule has 4 nitrogen and oxygen atoms in total. The number of benzene rings is 3. The van der Waals surface area contributed by atoms with E-state index in [0.717, 1.165) is 35.5 Å². The van der Waals surface area contributed by atoms with E-state index in [1.807, 2.05) is 54.3 Å². The van der Waals surface area contributed by atoms with Crippen LogP contribution in [0.3, 0.4) is 0 Å². The van der Waals surface area contributed by atoms with Crippen LogP contribution in [0.2, 0.25) is 0 Å². The average Bonchev–Trinajstić information content (AvgIpc) is 3.20. The van der Waals surface area contributed by atoms with Crippen molar-refractivity contribution in [2.45, 2.75) is 32.7 Å². The number of carbonyl (C=O) groups is 1. The summed E-state index contributed by atoms with van der Waals surface area (Å²) in [6.45, 7) is 4.92. The van der Waals surface area contributed by atoms with E-state index < -0.39 is 0 Å². The van der Waals surface area contributed by atoms with E-state index in [1.54, 1.807) is 0 Å². The molecule has 0 unspecified atom stereocenters. The van der Waals surface area contributed by atoms with Crippen molar-refractivity contribution in [2.24, 2.45) is 0 Å². The summed E-state index contributed by atoms with van der Waals surface area (Å²) in [5.74, 6) is 0.185. The zero-order valence-electron chi connectivity index (χ0n) is 17.9. The van der Waals surface area contributed by atoms with Crippen molar-refractivity contribution >= 4 is 34.6 Å². The minimum absolute atomic E-state index is 0.0625. The first-order valence-electron chi connectivity index (χ1n) is 10.6. The van der Waals surface area contributed by atoms with Crippen LogP contribution in [0.15, 0.2) is 72.8 Å². The van der Waals surface area contributed by atoms with Gasteiger partial charge in [0, 0.05) is 24.3 Å². The van der Waals surface area contributed by atoms with E-state index in [4.69, 9.17) is 12.2 Å². The van der Waals surface area contributed by atoms with Crippen LogP contribution < -0.4 is 15.5 Å². The smallest absolute Gasteiger partial charge is 0.227 e. The lowest BCUT2D eigenvalue weighted by Crippen LogP contribution is -2.33. The van der Waals surface area contributed by atoms with Gasteiger partial charge in [-0.25, -0.2) is 0 Å². The highest BCUT2D eigenvalue weighted by molar-refractivity contribution is 7.80. The Hall–Kier alpha value is -3.18. The fourth-order valence-corrected chi connectivity index (χ4v) is 4.31. The number of nitrogens with zero attached hydrogens (tertiary/aromatic N) is 1. The number of amides is 1. The summed E-state index contributed by atoms with van der Waals surface area (Å²) in [4.78, 5) is 14.1. The SMILES string of the molecule is Cc1ccccc1[C@@H](NC(=S)Nc1ccc(C)c(N2CCCC2=O)c1)c1ccccc1. The van der Waals surface area contributed by atoms with Crippen LogP contribution in [0.1, 0.15) is 41.1 Å². The Balaban J connectivity index is 1.56. The van der Waals surface area contributed by atoms with Crippen LogP contribution in [-0.2, 0) is 4.79 Å². The molecule has 0 saturated carbocycles. The standard InChI is InChI=1S/C26H27N3OS/c1-18-9-6-7-12-22(18)25(20-10-4-3-5-11-20)28-26(31)27-21-15-14-19(2)23(17-21)29-16-8-13-24(29)30/h3-7,9-12,14-15,17,25H,8,13,16H2,1-2H3,(H2,27,28,31)/t25-/m0/s1. The number of nitrogens with one attached hydrogen (secondary N) is 2. The number of anilines is 2. The van der Waals surface area contributed by atoms with Gasteiger partial charge in [0.25, 0.3) is 0 Å². The Kier molecular flexibility index (Phi) is 6.33. The third kappa shape index (κ3) is 4.78. The van der Waals surface area contributed by atoms with Gasteiger partial charge in [-0.05, 0) is 66.9 Å². The molecule has 4 rings (SSSR count). The summed E-state index contributed by atoms with van der Waals surface area (Å²) in [5.41, 5.74) is 6.44. The predicted molar refractivity (Wildman–Crippen MR) is 132 cm³/mol. The van der Waals surface area contributed by atoms with Gasteiger partial charge in [0.2, 0.25) is 5.91 Å². The number of hydrogen-bond acceptors (Lipinski definition) is 2. The van der Waals surface area contributed by atoms with Crippen LogP contribution in [0.5, 0.6) is 0 Å². The maximum atomic E-state index is 12.2. The zero-order valence-corrected chi connectivity index (χ0v) is 18.7. The predicted octanol–water partition coefficient (Wildman–Crippen LogP) is 5.51. The van der Waals surface area contributed by atoms with Crippen molar-refractivity contribution in [3.05, 3.63) is 95.1 Å². The molecule has 1 aliphatic rings. The van der Waals surface area contributed by atoms with Crippen LogP contribution in [0.25, 0.3) is 0 Å². The molecule has 1 fully saturated rings. The van der Waals surface area contributed by atoms with Gasteiger partial charge in [0.15, 0.2) is 5.11 Å². The average molecular weight is 430 g/mol. The van der Waals surface area contributed by atoms with Crippen molar-refractivity contribution in [1.29, 1.82) is 0 Å². The summed E-state index contributed by atoms with van der Waals surface area (Å²) in [6, 6.07) is 24.6. The molecular weight excluding hydrogens is 402 g/mol. The Bertz CT molecular complexity index is 1100. The van der Waals surface area contributed by atoms with E-state index in [2.05, 4.69) is 47.9 Å². The summed E-state index contributed by atoms with van der Waals surface area (Å²) < 4.78 is 0. The molecule has 0 aliphatic carbocycles. The van der Waals surface area contributed by atoms with E-state index in [9.17, 15) is 4.79 Å². The van der Waals surface area contributed by atoms with Gasteiger partial charge in [-0.3, -0.25) is 4.79 Å². The Morgan fingerprint density at radius 2 is 1.71 bits per heavy atom. The molecule has 2 N–H and O–H groups in total. The van der Waals surface area contributed by atoms with Crippen molar-refractivity contribution in [2.75, 3.05) is 16.8 Å². The Morgan fingerprint density at radius 3 is 2.42 bits per heavy atom. The van der Waals surface area contributed by atoms with E-state index >= 15 is 0 Å². The van der Waals surface area contributed by atoms with Crippen molar-refractivity contribution < 1.29 is 4.79 Å². The molecule has 1 heterocycles. The van der Waals surface area contributed by atoms with Crippen molar-refractivity contribution in [1.82, 2.24) is 5.32 Å². The second kappa shape index (κ2) is 9.31. The highest BCUT2D eigenvalue weighted by Gasteiger charge is 2.23. The zero-order chi connectivity index (χ0) is 21.8. The van der Waals surface area contributed by atoms with Gasteiger partial charge in [-0.15, -0.1) is 0 Å². The third-order valence-electron chi connectivity index (χ3n) is 5.74.